The number of urea groups is 1. The highest BCUT2D eigenvalue weighted by Gasteiger charge is 2.20. The lowest BCUT2D eigenvalue weighted by atomic mass is 10.00. The van der Waals surface area contributed by atoms with Crippen molar-refractivity contribution in [3.05, 3.63) is 0 Å². The number of nitrogens with one attached hydrogen (secondary N) is 1. The van der Waals surface area contributed by atoms with Crippen molar-refractivity contribution in [3.63, 3.8) is 0 Å². The third-order valence-electron chi connectivity index (χ3n) is 3.24. The van der Waals surface area contributed by atoms with Crippen LogP contribution < -0.4 is 5.32 Å². The van der Waals surface area contributed by atoms with Crippen molar-refractivity contribution in [3.8, 4) is 0 Å². The minimum Gasteiger partial charge on any atom is -0.382 e. The zero-order valence-electron chi connectivity index (χ0n) is 11.1. The summed E-state index contributed by atoms with van der Waals surface area (Å²) in [5.41, 5.74) is 0. The van der Waals surface area contributed by atoms with Crippen molar-refractivity contribution in [2.45, 2.75) is 25.9 Å². The number of carbonyl (C=O) groups excluding carboxylic acids is 1. The van der Waals surface area contributed by atoms with Gasteiger partial charge in [-0.15, -0.1) is 0 Å². The zero-order valence-corrected chi connectivity index (χ0v) is 11.1. The van der Waals surface area contributed by atoms with E-state index in [4.69, 9.17) is 9.47 Å². The second kappa shape index (κ2) is 7.50. The Bertz CT molecular complexity index is 228. The summed E-state index contributed by atoms with van der Waals surface area (Å²) in [6.07, 6.45) is 2.12. The lowest BCUT2D eigenvalue weighted by Gasteiger charge is -2.30. The lowest BCUT2D eigenvalue weighted by molar-refractivity contribution is 0.0294. The highest BCUT2D eigenvalue weighted by Crippen LogP contribution is 2.15. The summed E-state index contributed by atoms with van der Waals surface area (Å²) in [6.45, 7) is 4.93. The molecule has 5 heteroatoms. The number of amides is 2. The Balaban J connectivity index is 2.24. The summed E-state index contributed by atoms with van der Waals surface area (Å²) in [4.78, 5) is 13.7. The molecule has 1 atom stereocenters. The minimum atomic E-state index is -0.0762. The van der Waals surface area contributed by atoms with Crippen LogP contribution in [0.2, 0.25) is 0 Å². The van der Waals surface area contributed by atoms with Crippen molar-refractivity contribution in [1.29, 1.82) is 0 Å². The van der Waals surface area contributed by atoms with Gasteiger partial charge in [0.25, 0.3) is 0 Å². The number of rotatable bonds is 5. The Morgan fingerprint density at radius 3 is 2.59 bits per heavy atom. The molecular formula is C12H24N2O3. The fraction of sp³-hybridized carbons (Fsp3) is 0.917. The standard InChI is InChI=1S/C12H24N2O3/c1-10-4-6-14(7-5-10)12(15)13-8-11(17-3)9-16-2/h10-11H,4-9H2,1-3H3,(H,13,15). The molecule has 1 aliphatic rings. The number of carbonyl (C=O) groups is 1. The van der Waals surface area contributed by atoms with Gasteiger partial charge in [-0.2, -0.15) is 0 Å². The van der Waals surface area contributed by atoms with E-state index in [1.807, 2.05) is 4.90 Å². The highest BCUT2D eigenvalue weighted by molar-refractivity contribution is 5.74. The van der Waals surface area contributed by atoms with Gasteiger partial charge < -0.3 is 19.7 Å². The second-order valence-electron chi connectivity index (χ2n) is 4.67. The smallest absolute Gasteiger partial charge is 0.317 e. The topological polar surface area (TPSA) is 50.8 Å². The Kier molecular flexibility index (Phi) is 6.29. The third kappa shape index (κ3) is 4.91. The molecule has 1 rings (SSSR count). The molecule has 1 N–H and O–H groups in total. The van der Waals surface area contributed by atoms with E-state index < -0.39 is 0 Å². The van der Waals surface area contributed by atoms with Crippen LogP contribution in [0.1, 0.15) is 19.8 Å². The number of ether oxygens (including phenoxy) is 2. The molecule has 2 amide bonds. The van der Waals surface area contributed by atoms with Crippen LogP contribution in [0.4, 0.5) is 4.79 Å². The van der Waals surface area contributed by atoms with E-state index in [1.165, 1.54) is 0 Å². The van der Waals surface area contributed by atoms with E-state index in [0.717, 1.165) is 31.8 Å². The van der Waals surface area contributed by atoms with E-state index in [-0.39, 0.29) is 12.1 Å². The largest absolute Gasteiger partial charge is 0.382 e. The Morgan fingerprint density at radius 1 is 1.41 bits per heavy atom. The number of nitrogens with zero attached hydrogens (tertiary/aromatic N) is 1. The van der Waals surface area contributed by atoms with Crippen LogP contribution in [0.5, 0.6) is 0 Å². The van der Waals surface area contributed by atoms with Crippen LogP contribution in [0.3, 0.4) is 0 Å². The number of hydrogen-bond donors (Lipinski definition) is 1. The maximum atomic E-state index is 11.8. The van der Waals surface area contributed by atoms with Gasteiger partial charge in [-0.25, -0.2) is 4.79 Å². The van der Waals surface area contributed by atoms with Gasteiger partial charge in [-0.3, -0.25) is 0 Å². The average molecular weight is 244 g/mol. The van der Waals surface area contributed by atoms with Crippen LogP contribution in [-0.4, -0.2) is 57.5 Å². The molecular weight excluding hydrogens is 220 g/mol. The summed E-state index contributed by atoms with van der Waals surface area (Å²) >= 11 is 0. The van der Waals surface area contributed by atoms with Gasteiger partial charge in [-0.05, 0) is 18.8 Å². The molecule has 1 aliphatic heterocycles. The van der Waals surface area contributed by atoms with Crippen LogP contribution in [0.15, 0.2) is 0 Å². The predicted octanol–water partition coefficient (Wildman–Crippen LogP) is 1.09. The minimum absolute atomic E-state index is 0.00931. The van der Waals surface area contributed by atoms with Crippen molar-refractivity contribution in [2.24, 2.45) is 5.92 Å². The number of piperidine rings is 1. The van der Waals surface area contributed by atoms with Gasteiger partial charge in [0.05, 0.1) is 12.7 Å². The van der Waals surface area contributed by atoms with Gasteiger partial charge in [0.15, 0.2) is 0 Å². The molecule has 0 bridgehead atoms. The van der Waals surface area contributed by atoms with Crippen molar-refractivity contribution in [2.75, 3.05) is 40.5 Å². The number of methoxy groups -OCH3 is 2. The van der Waals surface area contributed by atoms with Gasteiger partial charge in [0.1, 0.15) is 0 Å². The molecule has 1 heterocycles. The van der Waals surface area contributed by atoms with E-state index >= 15 is 0 Å². The van der Waals surface area contributed by atoms with E-state index in [0.29, 0.717) is 13.2 Å². The second-order valence-corrected chi connectivity index (χ2v) is 4.67. The van der Waals surface area contributed by atoms with Crippen LogP contribution in [0, 0.1) is 5.92 Å². The fourth-order valence-corrected chi connectivity index (χ4v) is 1.92. The molecule has 17 heavy (non-hydrogen) atoms. The van der Waals surface area contributed by atoms with Gasteiger partial charge in [0, 0.05) is 33.9 Å². The summed E-state index contributed by atoms with van der Waals surface area (Å²) in [5, 5.41) is 2.89. The maximum Gasteiger partial charge on any atom is 0.317 e. The fourth-order valence-electron chi connectivity index (χ4n) is 1.92. The molecule has 100 valence electrons. The van der Waals surface area contributed by atoms with Gasteiger partial charge in [0.2, 0.25) is 0 Å². The van der Waals surface area contributed by atoms with E-state index in [9.17, 15) is 4.79 Å². The van der Waals surface area contributed by atoms with Crippen LogP contribution in [0.25, 0.3) is 0 Å². The van der Waals surface area contributed by atoms with Gasteiger partial charge >= 0.3 is 6.03 Å². The molecule has 0 saturated carbocycles. The summed E-state index contributed by atoms with van der Waals surface area (Å²) in [5.74, 6) is 0.735. The molecule has 5 nitrogen and oxygen atoms in total. The van der Waals surface area contributed by atoms with Crippen LogP contribution in [-0.2, 0) is 9.47 Å². The number of likely N-dealkylation sites (tertiary alicyclic amines) is 1. The van der Waals surface area contributed by atoms with Crippen LogP contribution >= 0.6 is 0 Å². The zero-order chi connectivity index (χ0) is 12.7. The normalized spacial score (nSPS) is 19.1. The molecule has 0 radical (unpaired) electrons. The summed E-state index contributed by atoms with van der Waals surface area (Å²) in [6, 6.07) is 0.00931. The van der Waals surface area contributed by atoms with E-state index in [2.05, 4.69) is 12.2 Å². The molecule has 0 aromatic carbocycles. The Hall–Kier alpha value is -0.810. The molecule has 0 aromatic heterocycles. The molecule has 0 spiro atoms. The van der Waals surface area contributed by atoms with Gasteiger partial charge in [-0.1, -0.05) is 6.92 Å². The van der Waals surface area contributed by atoms with Crippen molar-refractivity contribution >= 4 is 6.03 Å². The molecule has 1 saturated heterocycles. The third-order valence-corrected chi connectivity index (χ3v) is 3.24. The molecule has 0 aromatic rings. The first-order valence-electron chi connectivity index (χ1n) is 6.21. The molecule has 1 fully saturated rings. The average Bonchev–Trinajstić information content (AvgIpc) is 2.35. The lowest BCUT2D eigenvalue weighted by Crippen LogP contribution is -2.46. The first-order valence-corrected chi connectivity index (χ1v) is 6.21. The highest BCUT2D eigenvalue weighted by atomic mass is 16.5. The Morgan fingerprint density at radius 2 is 2.06 bits per heavy atom. The SMILES string of the molecule is COCC(CNC(=O)N1CCC(C)CC1)OC. The quantitative estimate of drug-likeness (QED) is 0.787. The summed E-state index contributed by atoms with van der Waals surface area (Å²) < 4.78 is 10.2. The summed E-state index contributed by atoms with van der Waals surface area (Å²) in [7, 11) is 3.25. The predicted molar refractivity (Wildman–Crippen MR) is 66.0 cm³/mol. The molecule has 1 unspecified atom stereocenters. The van der Waals surface area contributed by atoms with Crippen molar-refractivity contribution in [1.82, 2.24) is 10.2 Å². The monoisotopic (exact) mass is 244 g/mol. The van der Waals surface area contributed by atoms with E-state index in [1.54, 1.807) is 14.2 Å². The first-order chi connectivity index (χ1) is 8.17. The number of hydrogen-bond acceptors (Lipinski definition) is 3. The Labute approximate surface area is 103 Å². The maximum absolute atomic E-state index is 11.8. The van der Waals surface area contributed by atoms with Crippen molar-refractivity contribution < 1.29 is 14.3 Å². The first kappa shape index (κ1) is 14.3. The molecule has 0 aliphatic carbocycles.